The Hall–Kier alpha value is -3.05. The van der Waals surface area contributed by atoms with Gasteiger partial charge in [0.05, 0.1) is 24.4 Å². The SMILES string of the molecule is O=C(O[C@@H]1CC(C(=O)N2CCC[C@@H]2C(=O)NCCO)=C[C@H]2OCO[C@H]21)c1ccccc1C=CC1CCC2OC2C1. The van der Waals surface area contributed by atoms with Crippen molar-refractivity contribution in [2.75, 3.05) is 26.5 Å². The summed E-state index contributed by atoms with van der Waals surface area (Å²) < 4.78 is 23.1. The first-order chi connectivity index (χ1) is 19.5. The molecule has 6 rings (SSSR count). The van der Waals surface area contributed by atoms with E-state index in [2.05, 4.69) is 11.4 Å². The van der Waals surface area contributed by atoms with Crippen LogP contribution in [-0.2, 0) is 28.5 Å². The number of carbonyl (C=O) groups excluding carboxylic acids is 3. The molecule has 3 unspecified atom stereocenters. The number of hydrogen-bond acceptors (Lipinski definition) is 8. The average Bonchev–Trinajstić information content (AvgIpc) is 3.32. The summed E-state index contributed by atoms with van der Waals surface area (Å²) in [5.41, 5.74) is 1.67. The zero-order chi connectivity index (χ0) is 27.6. The fourth-order valence-electron chi connectivity index (χ4n) is 6.36. The van der Waals surface area contributed by atoms with Gasteiger partial charge in [-0.15, -0.1) is 0 Å². The van der Waals surface area contributed by atoms with E-state index in [0.29, 0.717) is 48.6 Å². The number of benzene rings is 1. The van der Waals surface area contributed by atoms with Gasteiger partial charge in [-0.3, -0.25) is 9.59 Å². The van der Waals surface area contributed by atoms with Crippen molar-refractivity contribution < 1.29 is 38.4 Å². The van der Waals surface area contributed by atoms with Gasteiger partial charge in [0.15, 0.2) is 0 Å². The van der Waals surface area contributed by atoms with Gasteiger partial charge in [0, 0.05) is 25.1 Å². The molecule has 3 saturated heterocycles. The van der Waals surface area contributed by atoms with E-state index in [1.165, 1.54) is 0 Å². The number of nitrogens with zero attached hydrogens (tertiary/aromatic N) is 1. The first kappa shape index (κ1) is 27.1. The molecule has 3 heterocycles. The molecule has 0 radical (unpaired) electrons. The number of hydrogen-bond donors (Lipinski definition) is 2. The molecule has 1 aromatic rings. The molecule has 0 aromatic heterocycles. The lowest BCUT2D eigenvalue weighted by molar-refractivity contribution is -0.136. The normalized spacial score (nSPS) is 32.8. The molecule has 40 heavy (non-hydrogen) atoms. The van der Waals surface area contributed by atoms with Crippen molar-refractivity contribution in [3.63, 3.8) is 0 Å². The van der Waals surface area contributed by atoms with Crippen LogP contribution in [-0.4, -0.2) is 90.8 Å². The van der Waals surface area contributed by atoms with Gasteiger partial charge in [-0.05, 0) is 55.7 Å². The lowest BCUT2D eigenvalue weighted by Crippen LogP contribution is -2.49. The minimum absolute atomic E-state index is 0.0452. The van der Waals surface area contributed by atoms with Crippen LogP contribution in [0.3, 0.4) is 0 Å². The van der Waals surface area contributed by atoms with Gasteiger partial charge in [-0.1, -0.05) is 30.4 Å². The maximum atomic E-state index is 13.6. The number of aliphatic hydroxyl groups is 1. The first-order valence-corrected chi connectivity index (χ1v) is 14.3. The van der Waals surface area contributed by atoms with E-state index in [-0.39, 0.29) is 38.2 Å². The first-order valence-electron chi connectivity index (χ1n) is 14.3. The molecular formula is C30H36N2O8. The molecule has 2 N–H and O–H groups in total. The summed E-state index contributed by atoms with van der Waals surface area (Å²) in [6, 6.07) is 6.75. The third-order valence-corrected chi connectivity index (χ3v) is 8.53. The molecule has 7 atom stereocenters. The van der Waals surface area contributed by atoms with Crippen LogP contribution < -0.4 is 5.32 Å². The second kappa shape index (κ2) is 11.8. The van der Waals surface area contributed by atoms with Crippen LogP contribution in [0.4, 0.5) is 0 Å². The molecule has 1 saturated carbocycles. The summed E-state index contributed by atoms with van der Waals surface area (Å²) in [5.74, 6) is -0.603. The average molecular weight is 553 g/mol. The topological polar surface area (TPSA) is 127 Å². The maximum absolute atomic E-state index is 13.6. The Morgan fingerprint density at radius 3 is 2.85 bits per heavy atom. The van der Waals surface area contributed by atoms with Gasteiger partial charge in [0.1, 0.15) is 31.1 Å². The summed E-state index contributed by atoms with van der Waals surface area (Å²) in [6.45, 7) is 0.473. The van der Waals surface area contributed by atoms with E-state index in [1.807, 2.05) is 18.2 Å². The third kappa shape index (κ3) is 5.72. The highest BCUT2D eigenvalue weighted by Gasteiger charge is 2.45. The summed E-state index contributed by atoms with van der Waals surface area (Å²) >= 11 is 0. The highest BCUT2D eigenvalue weighted by atomic mass is 16.7. The van der Waals surface area contributed by atoms with Gasteiger partial charge in [0.25, 0.3) is 0 Å². The van der Waals surface area contributed by atoms with Crippen molar-refractivity contribution in [1.29, 1.82) is 0 Å². The molecule has 3 aliphatic heterocycles. The third-order valence-electron chi connectivity index (χ3n) is 8.53. The zero-order valence-electron chi connectivity index (χ0n) is 22.4. The maximum Gasteiger partial charge on any atom is 0.339 e. The largest absolute Gasteiger partial charge is 0.456 e. The molecule has 2 aliphatic carbocycles. The number of likely N-dealkylation sites (tertiary alicyclic amines) is 1. The monoisotopic (exact) mass is 552 g/mol. The van der Waals surface area contributed by atoms with E-state index in [4.69, 9.17) is 24.1 Å². The zero-order valence-corrected chi connectivity index (χ0v) is 22.4. The Morgan fingerprint density at radius 1 is 1.12 bits per heavy atom. The van der Waals surface area contributed by atoms with E-state index < -0.39 is 30.3 Å². The number of carbonyl (C=O) groups is 3. The van der Waals surface area contributed by atoms with Gasteiger partial charge in [0.2, 0.25) is 11.8 Å². The molecule has 5 aliphatic rings. The number of rotatable bonds is 8. The highest BCUT2D eigenvalue weighted by Crippen LogP contribution is 2.40. The molecule has 4 fully saturated rings. The minimum atomic E-state index is -0.715. The van der Waals surface area contributed by atoms with E-state index in [1.54, 1.807) is 23.1 Å². The number of fused-ring (bicyclic) bond motifs is 2. The van der Waals surface area contributed by atoms with Crippen LogP contribution in [0.25, 0.3) is 6.08 Å². The summed E-state index contributed by atoms with van der Waals surface area (Å²) in [5, 5.41) is 11.7. The quantitative estimate of drug-likeness (QED) is 0.370. The lowest BCUT2D eigenvalue weighted by atomic mass is 9.88. The lowest BCUT2D eigenvalue weighted by Gasteiger charge is -2.32. The molecule has 0 bridgehead atoms. The van der Waals surface area contributed by atoms with Crippen LogP contribution >= 0.6 is 0 Å². The number of epoxide rings is 1. The van der Waals surface area contributed by atoms with E-state index in [0.717, 1.165) is 24.8 Å². The summed E-state index contributed by atoms with van der Waals surface area (Å²) in [6.07, 6.45) is 9.57. The molecule has 0 spiro atoms. The van der Waals surface area contributed by atoms with Crippen molar-refractivity contribution in [3.8, 4) is 0 Å². The van der Waals surface area contributed by atoms with Crippen LogP contribution in [0.1, 0.15) is 54.4 Å². The molecule has 214 valence electrons. The molecule has 10 heteroatoms. The fraction of sp³-hybridized carbons (Fsp3) is 0.567. The van der Waals surface area contributed by atoms with E-state index >= 15 is 0 Å². The summed E-state index contributed by atoms with van der Waals surface area (Å²) in [4.78, 5) is 41.2. The number of esters is 1. The van der Waals surface area contributed by atoms with Gasteiger partial charge < -0.3 is 34.3 Å². The Labute approximate surface area is 233 Å². The second-order valence-electron chi connectivity index (χ2n) is 11.1. The number of amides is 2. The van der Waals surface area contributed by atoms with Crippen molar-refractivity contribution in [2.24, 2.45) is 5.92 Å². The smallest absolute Gasteiger partial charge is 0.339 e. The molecule has 1 aromatic carbocycles. The van der Waals surface area contributed by atoms with Crippen molar-refractivity contribution in [3.05, 3.63) is 53.1 Å². The van der Waals surface area contributed by atoms with Crippen molar-refractivity contribution in [2.45, 2.75) is 75.1 Å². The second-order valence-corrected chi connectivity index (χ2v) is 11.1. The van der Waals surface area contributed by atoms with Crippen LogP contribution in [0, 0.1) is 5.92 Å². The standard InChI is InChI=1S/C30H36N2O8/c33-13-11-31-28(34)22-6-3-12-32(22)29(35)20-15-25-27(38-17-37-25)26(16-20)40-30(36)21-5-2-1-4-19(21)9-7-18-8-10-23-24(14-18)39-23/h1-2,4-5,7,9,15,18,22-27,33H,3,6,8,10-14,16-17H2,(H,31,34)/t18?,22-,23?,24?,25-,26-,27-/m1/s1. The predicted octanol–water partition coefficient (Wildman–Crippen LogP) is 1.96. The molecule has 10 nitrogen and oxygen atoms in total. The Balaban J connectivity index is 1.15. The molecular weight excluding hydrogens is 516 g/mol. The number of aliphatic hydroxyl groups excluding tert-OH is 1. The Bertz CT molecular complexity index is 1200. The number of ether oxygens (including phenoxy) is 4. The van der Waals surface area contributed by atoms with Gasteiger partial charge in [-0.2, -0.15) is 0 Å². The van der Waals surface area contributed by atoms with Gasteiger partial charge >= 0.3 is 5.97 Å². The fourth-order valence-corrected chi connectivity index (χ4v) is 6.36. The number of allylic oxidation sites excluding steroid dienone is 1. The van der Waals surface area contributed by atoms with Crippen LogP contribution in [0.2, 0.25) is 0 Å². The van der Waals surface area contributed by atoms with Crippen LogP contribution in [0.5, 0.6) is 0 Å². The highest BCUT2D eigenvalue weighted by molar-refractivity contribution is 5.98. The summed E-state index contributed by atoms with van der Waals surface area (Å²) in [7, 11) is 0. The van der Waals surface area contributed by atoms with Crippen LogP contribution in [0.15, 0.2) is 42.0 Å². The molecule has 2 amide bonds. The van der Waals surface area contributed by atoms with Crippen molar-refractivity contribution in [1.82, 2.24) is 10.2 Å². The van der Waals surface area contributed by atoms with Gasteiger partial charge in [-0.25, -0.2) is 4.79 Å². The predicted molar refractivity (Wildman–Crippen MR) is 143 cm³/mol. The Kier molecular flexibility index (Phi) is 8.02. The minimum Gasteiger partial charge on any atom is -0.456 e. The Morgan fingerprint density at radius 2 is 2.00 bits per heavy atom. The number of nitrogens with one attached hydrogen (secondary N) is 1. The van der Waals surface area contributed by atoms with Crippen molar-refractivity contribution >= 4 is 23.9 Å². The van der Waals surface area contributed by atoms with E-state index in [9.17, 15) is 14.4 Å².